The number of carbonyl (C=O) groups excluding carboxylic acids is 1. The number of anilines is 1. The average molecular weight is 289 g/mol. The molecule has 20 heavy (non-hydrogen) atoms. The molecule has 1 amide bonds. The number of hydrogen-bond donors (Lipinski definition) is 3. The van der Waals surface area contributed by atoms with Crippen LogP contribution in [0.2, 0.25) is 0 Å². The molecule has 3 N–H and O–H groups in total. The quantitative estimate of drug-likeness (QED) is 0.594. The third kappa shape index (κ3) is 3.66. The van der Waals surface area contributed by atoms with Crippen molar-refractivity contribution in [2.24, 2.45) is 0 Å². The molecule has 2 aromatic carbocycles. The molecule has 0 bridgehead atoms. The molecule has 0 aliphatic carbocycles. The monoisotopic (exact) mass is 289 g/mol. The predicted octanol–water partition coefficient (Wildman–Crippen LogP) is 1.80. The molecule has 0 aromatic heterocycles. The molecule has 0 spiro atoms. The molecule has 0 radical (unpaired) electrons. The molecule has 0 aliphatic rings. The Morgan fingerprint density at radius 1 is 1.15 bits per heavy atom. The van der Waals surface area contributed by atoms with Crippen LogP contribution in [0.3, 0.4) is 0 Å². The van der Waals surface area contributed by atoms with Gasteiger partial charge in [0.15, 0.2) is 5.11 Å². The predicted molar refractivity (Wildman–Crippen MR) is 83.3 cm³/mol. The second-order valence-corrected chi connectivity index (χ2v) is 4.50. The third-order valence-corrected chi connectivity index (χ3v) is 2.83. The summed E-state index contributed by atoms with van der Waals surface area (Å²) in [6, 6.07) is 13.9. The first-order valence-corrected chi connectivity index (χ1v) is 6.44. The van der Waals surface area contributed by atoms with Gasteiger partial charge in [0.05, 0.1) is 0 Å². The molecule has 2 aromatic rings. The van der Waals surface area contributed by atoms with Gasteiger partial charge in [0.25, 0.3) is 5.91 Å². The largest absolute Gasteiger partial charge is 0.375 e. The van der Waals surface area contributed by atoms with E-state index in [9.17, 15) is 4.79 Å². The Hall–Kier alpha value is -2.18. The van der Waals surface area contributed by atoms with E-state index in [0.717, 1.165) is 16.5 Å². The first-order chi connectivity index (χ1) is 9.70. The Morgan fingerprint density at radius 2 is 1.90 bits per heavy atom. The van der Waals surface area contributed by atoms with Gasteiger partial charge in [-0.15, -0.1) is 0 Å². The number of fused-ring (bicyclic) bond motifs is 1. The third-order valence-electron chi connectivity index (χ3n) is 2.63. The van der Waals surface area contributed by atoms with Gasteiger partial charge in [0.2, 0.25) is 0 Å². The minimum atomic E-state index is -0.297. The van der Waals surface area contributed by atoms with Crippen molar-refractivity contribution in [2.75, 3.05) is 19.0 Å². The van der Waals surface area contributed by atoms with E-state index in [1.54, 1.807) is 0 Å². The molecule has 0 saturated heterocycles. The minimum Gasteiger partial charge on any atom is -0.375 e. The highest BCUT2D eigenvalue weighted by atomic mass is 32.1. The fourth-order valence-corrected chi connectivity index (χ4v) is 1.94. The summed E-state index contributed by atoms with van der Waals surface area (Å²) >= 11 is 5.12. The number of methoxy groups -OCH3 is 1. The summed E-state index contributed by atoms with van der Waals surface area (Å²) in [5.41, 5.74) is 5.93. The lowest BCUT2D eigenvalue weighted by atomic mass is 10.1. The Labute approximate surface area is 122 Å². The van der Waals surface area contributed by atoms with Crippen molar-refractivity contribution >= 4 is 39.7 Å². The number of hydrazine groups is 1. The van der Waals surface area contributed by atoms with Gasteiger partial charge >= 0.3 is 0 Å². The second-order valence-electron chi connectivity index (χ2n) is 4.09. The summed E-state index contributed by atoms with van der Waals surface area (Å²) in [6.45, 7) is -0.0239. The van der Waals surface area contributed by atoms with E-state index < -0.39 is 0 Å². The van der Waals surface area contributed by atoms with Crippen LogP contribution in [0.4, 0.5) is 5.69 Å². The van der Waals surface area contributed by atoms with Crippen LogP contribution in [0.15, 0.2) is 42.5 Å². The summed E-state index contributed by atoms with van der Waals surface area (Å²) in [6.07, 6.45) is 0. The maximum absolute atomic E-state index is 11.2. The average Bonchev–Trinajstić information content (AvgIpc) is 2.46. The zero-order valence-electron chi connectivity index (χ0n) is 11.0. The van der Waals surface area contributed by atoms with Gasteiger partial charge in [-0.1, -0.05) is 36.4 Å². The fourth-order valence-electron chi connectivity index (χ4n) is 1.78. The molecule has 0 atom stereocenters. The van der Waals surface area contributed by atoms with Crippen molar-refractivity contribution in [3.05, 3.63) is 42.5 Å². The molecule has 6 heteroatoms. The molecule has 0 fully saturated rings. The summed E-state index contributed by atoms with van der Waals surface area (Å²) in [7, 11) is 1.45. The van der Waals surface area contributed by atoms with Crippen molar-refractivity contribution in [1.29, 1.82) is 0 Å². The second kappa shape index (κ2) is 6.83. The van der Waals surface area contributed by atoms with Gasteiger partial charge in [0, 0.05) is 18.2 Å². The van der Waals surface area contributed by atoms with E-state index in [2.05, 4.69) is 16.2 Å². The fraction of sp³-hybridized carbons (Fsp3) is 0.143. The highest BCUT2D eigenvalue weighted by Crippen LogP contribution is 2.22. The number of thiocarbonyl (C=S) groups is 1. The number of amides is 1. The van der Waals surface area contributed by atoms with E-state index in [1.807, 2.05) is 42.5 Å². The lowest BCUT2D eigenvalue weighted by Gasteiger charge is -2.13. The smallest absolute Gasteiger partial charge is 0.264 e. The molecule has 0 unspecified atom stereocenters. The highest BCUT2D eigenvalue weighted by Gasteiger charge is 2.04. The molecule has 0 saturated carbocycles. The Kier molecular flexibility index (Phi) is 4.86. The Balaban J connectivity index is 2.01. The van der Waals surface area contributed by atoms with Gasteiger partial charge in [-0.3, -0.25) is 15.6 Å². The first-order valence-electron chi connectivity index (χ1n) is 6.03. The van der Waals surface area contributed by atoms with Gasteiger partial charge in [-0.2, -0.15) is 0 Å². The number of benzene rings is 2. The standard InChI is InChI=1S/C14H15N3O2S/c1-19-9-13(18)16-17-14(20)15-12-8-4-6-10-5-2-3-7-11(10)12/h2-8H,9H2,1H3,(H,16,18)(H2,15,17,20). The number of carbonyl (C=O) groups is 1. The van der Waals surface area contributed by atoms with Gasteiger partial charge in [-0.05, 0) is 23.7 Å². The molecular formula is C14H15N3O2S. The van der Waals surface area contributed by atoms with Crippen LogP contribution in [-0.4, -0.2) is 24.7 Å². The zero-order valence-corrected chi connectivity index (χ0v) is 11.8. The molecule has 0 aliphatic heterocycles. The van der Waals surface area contributed by atoms with Crippen LogP contribution in [0.25, 0.3) is 10.8 Å². The van der Waals surface area contributed by atoms with E-state index in [1.165, 1.54) is 7.11 Å². The van der Waals surface area contributed by atoms with Crippen molar-refractivity contribution in [2.45, 2.75) is 0 Å². The highest BCUT2D eigenvalue weighted by molar-refractivity contribution is 7.80. The molecule has 0 heterocycles. The normalized spacial score (nSPS) is 10.1. The number of rotatable bonds is 3. The number of nitrogens with one attached hydrogen (secondary N) is 3. The SMILES string of the molecule is COCC(=O)NNC(=S)Nc1cccc2ccccc12. The molecule has 2 rings (SSSR count). The van der Waals surface area contributed by atoms with E-state index in [0.29, 0.717) is 5.11 Å². The maximum Gasteiger partial charge on any atom is 0.264 e. The van der Waals surface area contributed by atoms with Gasteiger partial charge in [-0.25, -0.2) is 0 Å². The van der Waals surface area contributed by atoms with Crippen LogP contribution in [-0.2, 0) is 9.53 Å². The summed E-state index contributed by atoms with van der Waals surface area (Å²) in [5.74, 6) is -0.297. The summed E-state index contributed by atoms with van der Waals surface area (Å²) in [5, 5.41) is 5.53. The molecular weight excluding hydrogens is 274 g/mol. The van der Waals surface area contributed by atoms with E-state index in [-0.39, 0.29) is 12.5 Å². The zero-order chi connectivity index (χ0) is 14.4. The number of hydrogen-bond acceptors (Lipinski definition) is 3. The Morgan fingerprint density at radius 3 is 2.70 bits per heavy atom. The van der Waals surface area contributed by atoms with Crippen LogP contribution >= 0.6 is 12.2 Å². The minimum absolute atomic E-state index is 0.0239. The van der Waals surface area contributed by atoms with Crippen molar-refractivity contribution in [3.8, 4) is 0 Å². The lowest BCUT2D eigenvalue weighted by Crippen LogP contribution is -2.45. The molecule has 5 nitrogen and oxygen atoms in total. The van der Waals surface area contributed by atoms with Gasteiger partial charge < -0.3 is 10.1 Å². The summed E-state index contributed by atoms with van der Waals surface area (Å²) in [4.78, 5) is 11.2. The van der Waals surface area contributed by atoms with Crippen LogP contribution in [0, 0.1) is 0 Å². The topological polar surface area (TPSA) is 62.4 Å². The maximum atomic E-state index is 11.2. The Bertz CT molecular complexity index is 625. The number of ether oxygens (including phenoxy) is 1. The molecule has 104 valence electrons. The van der Waals surface area contributed by atoms with Crippen molar-refractivity contribution in [1.82, 2.24) is 10.9 Å². The first kappa shape index (κ1) is 14.2. The van der Waals surface area contributed by atoms with Crippen LogP contribution in [0.5, 0.6) is 0 Å². The van der Waals surface area contributed by atoms with Gasteiger partial charge in [0.1, 0.15) is 6.61 Å². The van der Waals surface area contributed by atoms with E-state index >= 15 is 0 Å². The van der Waals surface area contributed by atoms with E-state index in [4.69, 9.17) is 17.0 Å². The van der Waals surface area contributed by atoms with Crippen LogP contribution in [0.1, 0.15) is 0 Å². The van der Waals surface area contributed by atoms with Crippen LogP contribution < -0.4 is 16.2 Å². The summed E-state index contributed by atoms with van der Waals surface area (Å²) < 4.78 is 4.70. The van der Waals surface area contributed by atoms with Crippen molar-refractivity contribution in [3.63, 3.8) is 0 Å². The van der Waals surface area contributed by atoms with Crippen molar-refractivity contribution < 1.29 is 9.53 Å². The lowest BCUT2D eigenvalue weighted by molar-refractivity contribution is -0.125.